The molecule has 0 aliphatic rings. The van der Waals surface area contributed by atoms with Crippen molar-refractivity contribution in [3.63, 3.8) is 0 Å². The van der Waals surface area contributed by atoms with Crippen molar-refractivity contribution in [1.29, 1.82) is 0 Å². The minimum absolute atomic E-state index is 0.359. The topological polar surface area (TPSA) is 0 Å². The molecule has 0 saturated heterocycles. The summed E-state index contributed by atoms with van der Waals surface area (Å²) in [5.41, 5.74) is 1.29. The fourth-order valence-electron chi connectivity index (χ4n) is 6.03. The monoisotopic (exact) mass is 352 g/mol. The summed E-state index contributed by atoms with van der Waals surface area (Å²) in [4.78, 5) is 0. The Morgan fingerprint density at radius 1 is 0.640 bits per heavy atom. The molecule has 0 heteroatoms. The molecule has 0 aromatic heterocycles. The molecule has 0 aromatic rings. The third kappa shape index (κ3) is 6.00. The van der Waals surface area contributed by atoms with Crippen molar-refractivity contribution >= 4 is 0 Å². The average molecular weight is 353 g/mol. The molecule has 0 aliphatic heterocycles. The van der Waals surface area contributed by atoms with Crippen molar-refractivity contribution < 1.29 is 0 Å². The Hall–Kier alpha value is 0. The SMILES string of the molecule is CCCCCC(CCC)(C(C)C)C(CCCC)(CC(C)C)C(C)(C)C. The van der Waals surface area contributed by atoms with Crippen LogP contribution in [0.2, 0.25) is 0 Å². The molecular weight excluding hydrogens is 300 g/mol. The first-order valence-electron chi connectivity index (χ1n) is 11.5. The molecule has 0 bridgehead atoms. The van der Waals surface area contributed by atoms with E-state index < -0.39 is 0 Å². The maximum atomic E-state index is 2.55. The van der Waals surface area contributed by atoms with E-state index in [0.29, 0.717) is 16.2 Å². The molecule has 0 N–H and O–H groups in total. The van der Waals surface area contributed by atoms with Gasteiger partial charge in [-0.05, 0) is 53.8 Å². The van der Waals surface area contributed by atoms with Gasteiger partial charge in [0.1, 0.15) is 0 Å². The standard InChI is InChI=1S/C25H52/c1-11-14-16-18-24(17-13-3,22(6)7)25(19-15-12-2,20-21(4)5)23(8,9)10/h21-22H,11-20H2,1-10H3. The van der Waals surface area contributed by atoms with E-state index in [9.17, 15) is 0 Å². The fraction of sp³-hybridized carbons (Fsp3) is 1.00. The van der Waals surface area contributed by atoms with E-state index in [-0.39, 0.29) is 0 Å². The van der Waals surface area contributed by atoms with Crippen LogP contribution < -0.4 is 0 Å². The van der Waals surface area contributed by atoms with E-state index in [4.69, 9.17) is 0 Å². The van der Waals surface area contributed by atoms with E-state index >= 15 is 0 Å². The molecule has 0 nitrogen and oxygen atoms in total. The highest BCUT2D eigenvalue weighted by atomic mass is 14.6. The molecule has 25 heavy (non-hydrogen) atoms. The van der Waals surface area contributed by atoms with Crippen LogP contribution in [0.5, 0.6) is 0 Å². The molecule has 0 aliphatic carbocycles. The van der Waals surface area contributed by atoms with Gasteiger partial charge in [0.15, 0.2) is 0 Å². The predicted octanol–water partition coefficient (Wildman–Crippen LogP) is 9.28. The number of unbranched alkanes of at least 4 members (excludes halogenated alkanes) is 3. The zero-order valence-corrected chi connectivity index (χ0v) is 19.7. The van der Waals surface area contributed by atoms with Gasteiger partial charge in [0.05, 0.1) is 0 Å². The van der Waals surface area contributed by atoms with Crippen molar-refractivity contribution in [1.82, 2.24) is 0 Å². The van der Waals surface area contributed by atoms with Crippen LogP contribution in [0.15, 0.2) is 0 Å². The zero-order valence-electron chi connectivity index (χ0n) is 19.7. The van der Waals surface area contributed by atoms with Gasteiger partial charge in [0.25, 0.3) is 0 Å². The summed E-state index contributed by atoms with van der Waals surface area (Å²) in [6, 6.07) is 0. The van der Waals surface area contributed by atoms with Crippen molar-refractivity contribution in [3.8, 4) is 0 Å². The van der Waals surface area contributed by atoms with Gasteiger partial charge in [-0.1, -0.05) is 108 Å². The van der Waals surface area contributed by atoms with Gasteiger partial charge in [-0.25, -0.2) is 0 Å². The molecule has 0 heterocycles. The van der Waals surface area contributed by atoms with Gasteiger partial charge in [-0.3, -0.25) is 0 Å². The number of hydrogen-bond acceptors (Lipinski definition) is 0. The van der Waals surface area contributed by atoms with E-state index in [1.165, 1.54) is 64.2 Å². The minimum atomic E-state index is 0.359. The summed E-state index contributed by atoms with van der Waals surface area (Å²) in [7, 11) is 0. The zero-order chi connectivity index (χ0) is 19.7. The second-order valence-corrected chi connectivity index (χ2v) is 10.6. The van der Waals surface area contributed by atoms with Crippen LogP contribution in [0, 0.1) is 28.1 Å². The van der Waals surface area contributed by atoms with E-state index in [0.717, 1.165) is 11.8 Å². The Morgan fingerprint density at radius 3 is 1.56 bits per heavy atom. The highest BCUT2D eigenvalue weighted by Gasteiger charge is 2.56. The highest BCUT2D eigenvalue weighted by Crippen LogP contribution is 2.65. The van der Waals surface area contributed by atoms with E-state index in [2.05, 4.69) is 69.2 Å². The lowest BCUT2D eigenvalue weighted by molar-refractivity contribution is -0.127. The predicted molar refractivity (Wildman–Crippen MR) is 117 cm³/mol. The van der Waals surface area contributed by atoms with Crippen LogP contribution in [0.1, 0.15) is 133 Å². The van der Waals surface area contributed by atoms with Crippen LogP contribution in [-0.2, 0) is 0 Å². The summed E-state index contributed by atoms with van der Waals surface area (Å²) >= 11 is 0. The Bertz CT molecular complexity index is 332. The summed E-state index contributed by atoms with van der Waals surface area (Å²) in [6.07, 6.45) is 13.8. The normalized spacial score (nSPS) is 17.8. The minimum Gasteiger partial charge on any atom is -0.0654 e. The first kappa shape index (κ1) is 25.0. The third-order valence-electron chi connectivity index (χ3n) is 7.13. The van der Waals surface area contributed by atoms with Gasteiger partial charge in [-0.15, -0.1) is 0 Å². The van der Waals surface area contributed by atoms with Crippen LogP contribution in [0.4, 0.5) is 0 Å². The maximum Gasteiger partial charge on any atom is -0.0187 e. The smallest absolute Gasteiger partial charge is 0.0187 e. The molecule has 2 unspecified atom stereocenters. The molecule has 0 saturated carbocycles. The summed E-state index contributed by atoms with van der Waals surface area (Å²) < 4.78 is 0. The van der Waals surface area contributed by atoms with E-state index in [1.807, 2.05) is 0 Å². The quantitative estimate of drug-likeness (QED) is 0.290. The second-order valence-electron chi connectivity index (χ2n) is 10.6. The molecule has 0 fully saturated rings. The summed E-state index contributed by atoms with van der Waals surface area (Å²) in [5.74, 6) is 1.54. The molecule has 152 valence electrons. The number of rotatable bonds is 13. The second kappa shape index (κ2) is 11.0. The van der Waals surface area contributed by atoms with E-state index in [1.54, 1.807) is 0 Å². The first-order valence-corrected chi connectivity index (χ1v) is 11.5. The highest BCUT2D eigenvalue weighted by molar-refractivity contribution is 5.05. The van der Waals surface area contributed by atoms with Crippen LogP contribution >= 0.6 is 0 Å². The largest absolute Gasteiger partial charge is 0.0654 e. The summed E-state index contributed by atoms with van der Waals surface area (Å²) in [6.45, 7) is 24.8. The lowest BCUT2D eigenvalue weighted by atomic mass is 9.43. The molecule has 0 radical (unpaired) electrons. The van der Waals surface area contributed by atoms with Gasteiger partial charge in [0.2, 0.25) is 0 Å². The summed E-state index contributed by atoms with van der Waals surface area (Å²) in [5, 5.41) is 0. The van der Waals surface area contributed by atoms with Gasteiger partial charge in [-0.2, -0.15) is 0 Å². The van der Waals surface area contributed by atoms with Gasteiger partial charge in [0, 0.05) is 0 Å². The average Bonchev–Trinajstić information content (AvgIpc) is 2.48. The van der Waals surface area contributed by atoms with Crippen molar-refractivity contribution in [2.45, 2.75) is 133 Å². The van der Waals surface area contributed by atoms with Crippen LogP contribution in [0.3, 0.4) is 0 Å². The van der Waals surface area contributed by atoms with Crippen molar-refractivity contribution in [2.24, 2.45) is 28.1 Å². The molecular formula is C25H52. The number of hydrogen-bond donors (Lipinski definition) is 0. The lowest BCUT2D eigenvalue weighted by Gasteiger charge is -2.62. The Balaban J connectivity index is 6.33. The first-order chi connectivity index (χ1) is 11.5. The maximum absolute atomic E-state index is 2.55. The third-order valence-corrected chi connectivity index (χ3v) is 7.13. The molecule has 0 aromatic carbocycles. The van der Waals surface area contributed by atoms with Crippen molar-refractivity contribution in [2.75, 3.05) is 0 Å². The molecule has 0 spiro atoms. The van der Waals surface area contributed by atoms with Crippen molar-refractivity contribution in [3.05, 3.63) is 0 Å². The van der Waals surface area contributed by atoms with Crippen LogP contribution in [0.25, 0.3) is 0 Å². The molecule has 0 rings (SSSR count). The fourth-order valence-corrected chi connectivity index (χ4v) is 6.03. The Kier molecular flexibility index (Phi) is 11.0. The van der Waals surface area contributed by atoms with Gasteiger partial charge >= 0.3 is 0 Å². The van der Waals surface area contributed by atoms with Crippen LogP contribution in [-0.4, -0.2) is 0 Å². The Labute approximate surface area is 161 Å². The molecule has 2 atom stereocenters. The molecule has 0 amide bonds. The van der Waals surface area contributed by atoms with Gasteiger partial charge < -0.3 is 0 Å². The Morgan fingerprint density at radius 2 is 1.20 bits per heavy atom. The lowest BCUT2D eigenvalue weighted by Crippen LogP contribution is -2.54.